The van der Waals surface area contributed by atoms with Crippen molar-refractivity contribution in [3.05, 3.63) is 30.1 Å². The van der Waals surface area contributed by atoms with Crippen molar-refractivity contribution in [2.24, 2.45) is 17.6 Å². The van der Waals surface area contributed by atoms with Gasteiger partial charge >= 0.3 is 0 Å². The minimum absolute atomic E-state index is 0.0488. The summed E-state index contributed by atoms with van der Waals surface area (Å²) in [4.78, 5) is 21.1. The molecule has 1 aromatic rings. The molecule has 2 rings (SSSR count). The number of nitrogens with zero attached hydrogens (tertiary/aromatic N) is 3. The third-order valence-electron chi connectivity index (χ3n) is 4.17. The number of hydrogen-bond acceptors (Lipinski definition) is 4. The SMILES string of the molecule is CC(C)C(CN)C(=O)N1CCN(Cc2ccccn2)CC1. The van der Waals surface area contributed by atoms with E-state index in [-0.39, 0.29) is 11.8 Å². The van der Waals surface area contributed by atoms with Gasteiger partial charge in [-0.25, -0.2) is 0 Å². The average molecular weight is 290 g/mol. The number of piperazine rings is 1. The van der Waals surface area contributed by atoms with Gasteiger partial charge in [-0.3, -0.25) is 14.7 Å². The van der Waals surface area contributed by atoms with Gasteiger partial charge in [-0.2, -0.15) is 0 Å². The van der Waals surface area contributed by atoms with Gasteiger partial charge in [0, 0.05) is 45.5 Å². The fourth-order valence-electron chi connectivity index (χ4n) is 2.74. The minimum atomic E-state index is -0.0488. The van der Waals surface area contributed by atoms with Crippen LogP contribution in [0.1, 0.15) is 19.5 Å². The summed E-state index contributed by atoms with van der Waals surface area (Å²) in [6.07, 6.45) is 1.82. The monoisotopic (exact) mass is 290 g/mol. The predicted molar refractivity (Wildman–Crippen MR) is 83.5 cm³/mol. The molecule has 5 heteroatoms. The Bertz CT molecular complexity index is 441. The topological polar surface area (TPSA) is 62.5 Å². The number of amides is 1. The van der Waals surface area contributed by atoms with Crippen molar-refractivity contribution >= 4 is 5.91 Å². The quantitative estimate of drug-likeness (QED) is 0.877. The summed E-state index contributed by atoms with van der Waals surface area (Å²) >= 11 is 0. The molecule has 1 aliphatic rings. The Hall–Kier alpha value is -1.46. The zero-order chi connectivity index (χ0) is 15.2. The highest BCUT2D eigenvalue weighted by molar-refractivity contribution is 5.79. The van der Waals surface area contributed by atoms with Crippen LogP contribution in [0.3, 0.4) is 0 Å². The molecule has 0 spiro atoms. The zero-order valence-corrected chi connectivity index (χ0v) is 13.0. The van der Waals surface area contributed by atoms with E-state index in [1.165, 1.54) is 0 Å². The van der Waals surface area contributed by atoms with Crippen LogP contribution < -0.4 is 5.73 Å². The first-order valence-corrected chi connectivity index (χ1v) is 7.73. The molecule has 1 atom stereocenters. The molecule has 2 N–H and O–H groups in total. The van der Waals surface area contributed by atoms with Crippen LogP contribution in [-0.2, 0) is 11.3 Å². The van der Waals surface area contributed by atoms with Crippen molar-refractivity contribution < 1.29 is 4.79 Å². The van der Waals surface area contributed by atoms with Gasteiger partial charge in [-0.1, -0.05) is 19.9 Å². The molecule has 0 saturated carbocycles. The molecule has 116 valence electrons. The molecule has 1 fully saturated rings. The Balaban J connectivity index is 1.84. The zero-order valence-electron chi connectivity index (χ0n) is 13.0. The highest BCUT2D eigenvalue weighted by Crippen LogP contribution is 2.15. The smallest absolute Gasteiger partial charge is 0.227 e. The highest BCUT2D eigenvalue weighted by atomic mass is 16.2. The molecule has 1 amide bonds. The number of carbonyl (C=O) groups is 1. The van der Waals surface area contributed by atoms with Gasteiger partial charge in [0.05, 0.1) is 11.6 Å². The van der Waals surface area contributed by atoms with E-state index in [9.17, 15) is 4.79 Å². The number of hydrogen-bond donors (Lipinski definition) is 1. The third-order valence-corrected chi connectivity index (χ3v) is 4.17. The Morgan fingerprint density at radius 2 is 2.00 bits per heavy atom. The Labute approximate surface area is 127 Å². The van der Waals surface area contributed by atoms with Crippen LogP contribution in [0.5, 0.6) is 0 Å². The van der Waals surface area contributed by atoms with Gasteiger partial charge in [0.1, 0.15) is 0 Å². The second-order valence-electron chi connectivity index (χ2n) is 6.01. The van der Waals surface area contributed by atoms with Gasteiger partial charge < -0.3 is 10.6 Å². The molecule has 1 unspecified atom stereocenters. The van der Waals surface area contributed by atoms with Crippen LogP contribution in [0.25, 0.3) is 0 Å². The van der Waals surface area contributed by atoms with E-state index in [4.69, 9.17) is 5.73 Å². The first-order valence-electron chi connectivity index (χ1n) is 7.73. The van der Waals surface area contributed by atoms with Crippen molar-refractivity contribution in [1.29, 1.82) is 0 Å². The van der Waals surface area contributed by atoms with Gasteiger partial charge in [0.25, 0.3) is 0 Å². The Kier molecular flexibility index (Phi) is 5.70. The molecule has 0 aliphatic carbocycles. The first-order chi connectivity index (χ1) is 10.1. The van der Waals surface area contributed by atoms with E-state index in [1.807, 2.05) is 29.3 Å². The van der Waals surface area contributed by atoms with Crippen molar-refractivity contribution in [2.45, 2.75) is 20.4 Å². The molecule has 0 radical (unpaired) electrons. The summed E-state index contributed by atoms with van der Waals surface area (Å²) in [6, 6.07) is 5.98. The number of rotatable bonds is 5. The molecule has 0 aromatic carbocycles. The number of carbonyl (C=O) groups excluding carboxylic acids is 1. The second kappa shape index (κ2) is 7.52. The maximum absolute atomic E-state index is 12.5. The highest BCUT2D eigenvalue weighted by Gasteiger charge is 2.28. The summed E-state index contributed by atoms with van der Waals surface area (Å²) in [6.45, 7) is 8.79. The van der Waals surface area contributed by atoms with Crippen molar-refractivity contribution in [2.75, 3.05) is 32.7 Å². The molecule has 5 nitrogen and oxygen atoms in total. The molecule has 1 saturated heterocycles. The number of nitrogens with two attached hydrogens (primary N) is 1. The summed E-state index contributed by atoms with van der Waals surface area (Å²) < 4.78 is 0. The average Bonchev–Trinajstić information content (AvgIpc) is 2.49. The minimum Gasteiger partial charge on any atom is -0.340 e. The second-order valence-corrected chi connectivity index (χ2v) is 6.01. The van der Waals surface area contributed by atoms with Gasteiger partial charge in [-0.15, -0.1) is 0 Å². The fraction of sp³-hybridized carbons (Fsp3) is 0.625. The summed E-state index contributed by atoms with van der Waals surface area (Å²) in [5.74, 6) is 0.464. The van der Waals surface area contributed by atoms with Crippen LogP contribution in [0.15, 0.2) is 24.4 Å². The lowest BCUT2D eigenvalue weighted by Gasteiger charge is -2.36. The fourth-order valence-corrected chi connectivity index (χ4v) is 2.74. The Morgan fingerprint density at radius 1 is 1.29 bits per heavy atom. The van der Waals surface area contributed by atoms with Gasteiger partial charge in [0.2, 0.25) is 5.91 Å². The van der Waals surface area contributed by atoms with Crippen LogP contribution in [0.2, 0.25) is 0 Å². The van der Waals surface area contributed by atoms with E-state index >= 15 is 0 Å². The van der Waals surface area contributed by atoms with Crippen molar-refractivity contribution in [1.82, 2.24) is 14.8 Å². The molecule has 2 heterocycles. The van der Waals surface area contributed by atoms with Gasteiger partial charge in [0.15, 0.2) is 0 Å². The van der Waals surface area contributed by atoms with E-state index in [0.717, 1.165) is 38.4 Å². The lowest BCUT2D eigenvalue weighted by Crippen LogP contribution is -2.51. The number of aromatic nitrogens is 1. The molecule has 0 bridgehead atoms. The van der Waals surface area contributed by atoms with Crippen molar-refractivity contribution in [3.8, 4) is 0 Å². The first kappa shape index (κ1) is 15.9. The van der Waals surface area contributed by atoms with Crippen LogP contribution in [0, 0.1) is 11.8 Å². The maximum atomic E-state index is 12.5. The van der Waals surface area contributed by atoms with E-state index in [1.54, 1.807) is 0 Å². The van der Waals surface area contributed by atoms with Crippen molar-refractivity contribution in [3.63, 3.8) is 0 Å². The van der Waals surface area contributed by atoms with Crippen LogP contribution >= 0.6 is 0 Å². The standard InChI is InChI=1S/C16H26N4O/c1-13(2)15(11-17)16(21)20-9-7-19(8-10-20)12-14-5-3-4-6-18-14/h3-6,13,15H,7-12,17H2,1-2H3. The molecular formula is C16H26N4O. The molecule has 1 aromatic heterocycles. The lowest BCUT2D eigenvalue weighted by molar-refractivity contribution is -0.138. The van der Waals surface area contributed by atoms with E-state index < -0.39 is 0 Å². The lowest BCUT2D eigenvalue weighted by atomic mass is 9.94. The van der Waals surface area contributed by atoms with E-state index in [2.05, 4.69) is 23.7 Å². The van der Waals surface area contributed by atoms with Gasteiger partial charge in [-0.05, 0) is 18.1 Å². The van der Waals surface area contributed by atoms with Crippen LogP contribution in [-0.4, -0.2) is 53.4 Å². The maximum Gasteiger partial charge on any atom is 0.227 e. The number of pyridine rings is 1. The molecule has 21 heavy (non-hydrogen) atoms. The largest absolute Gasteiger partial charge is 0.340 e. The Morgan fingerprint density at radius 3 is 2.52 bits per heavy atom. The van der Waals surface area contributed by atoms with E-state index in [0.29, 0.717) is 12.5 Å². The molecular weight excluding hydrogens is 264 g/mol. The normalized spacial score (nSPS) is 18.0. The van der Waals surface area contributed by atoms with Crippen LogP contribution in [0.4, 0.5) is 0 Å². The summed E-state index contributed by atoms with van der Waals surface area (Å²) in [7, 11) is 0. The third kappa shape index (κ3) is 4.25. The summed E-state index contributed by atoms with van der Waals surface area (Å²) in [5.41, 5.74) is 6.83. The predicted octanol–water partition coefficient (Wildman–Crippen LogP) is 0.957. The molecule has 1 aliphatic heterocycles. The summed E-state index contributed by atoms with van der Waals surface area (Å²) in [5, 5.41) is 0.